The summed E-state index contributed by atoms with van der Waals surface area (Å²) >= 11 is 0. The average Bonchev–Trinajstić information content (AvgIpc) is 3.84. The van der Waals surface area contributed by atoms with E-state index in [4.69, 9.17) is 0 Å². The predicted molar refractivity (Wildman–Crippen MR) is 179 cm³/mol. The Labute approximate surface area is 261 Å². The highest BCUT2D eigenvalue weighted by atomic mass is 16.6. The van der Waals surface area contributed by atoms with Gasteiger partial charge in [0.25, 0.3) is 5.69 Å². The lowest BCUT2D eigenvalue weighted by molar-refractivity contribution is -0.384. The van der Waals surface area contributed by atoms with E-state index in [1.54, 1.807) is 18.6 Å². The first-order valence-electron chi connectivity index (χ1n) is 14.5. The van der Waals surface area contributed by atoms with Crippen LogP contribution in [0.2, 0.25) is 0 Å². The second-order valence-electron chi connectivity index (χ2n) is 10.6. The fourth-order valence-corrected chi connectivity index (χ4v) is 5.96. The summed E-state index contributed by atoms with van der Waals surface area (Å²) in [6.45, 7) is 0. The van der Waals surface area contributed by atoms with Crippen molar-refractivity contribution in [3.8, 4) is 22.5 Å². The van der Waals surface area contributed by atoms with Gasteiger partial charge in [0.2, 0.25) is 0 Å². The fraction of sp³-hybridized carbons (Fsp3) is 0. The maximum absolute atomic E-state index is 11.4. The lowest BCUT2D eigenvalue weighted by Crippen LogP contribution is -1.97. The predicted octanol–water partition coefficient (Wildman–Crippen LogP) is 8.05. The van der Waals surface area contributed by atoms with Crippen molar-refractivity contribution in [1.82, 2.24) is 34.1 Å². The third-order valence-electron chi connectivity index (χ3n) is 8.01. The molecule has 0 amide bonds. The molecule has 0 unspecified atom stereocenters. The van der Waals surface area contributed by atoms with Gasteiger partial charge in [-0.3, -0.25) is 25.1 Å². The number of hydrogen-bond acceptors (Lipinski definition) is 6. The molecule has 10 nitrogen and oxygen atoms in total. The van der Waals surface area contributed by atoms with Gasteiger partial charge in [0.15, 0.2) is 0 Å². The van der Waals surface area contributed by atoms with E-state index in [2.05, 4.69) is 66.0 Å². The smallest absolute Gasteiger partial charge is 0.280 e. The van der Waals surface area contributed by atoms with E-state index in [9.17, 15) is 10.1 Å². The Morgan fingerprint density at radius 1 is 0.630 bits per heavy atom. The molecular formula is C36H24N8O2. The van der Waals surface area contributed by atoms with Gasteiger partial charge in [-0.2, -0.15) is 0 Å². The first-order chi connectivity index (χ1) is 22.7. The Balaban J connectivity index is 0.000000136. The van der Waals surface area contributed by atoms with Gasteiger partial charge in [-0.25, -0.2) is 4.98 Å². The van der Waals surface area contributed by atoms with Crippen LogP contribution in [-0.4, -0.2) is 39.0 Å². The summed E-state index contributed by atoms with van der Waals surface area (Å²) in [5.41, 5.74) is 7.26. The topological polar surface area (TPSA) is 120 Å². The van der Waals surface area contributed by atoms with Crippen LogP contribution in [0.4, 0.5) is 5.69 Å². The van der Waals surface area contributed by atoms with Gasteiger partial charge in [0, 0.05) is 94.9 Å². The zero-order valence-electron chi connectivity index (χ0n) is 24.2. The molecule has 0 saturated carbocycles. The van der Waals surface area contributed by atoms with Crippen molar-refractivity contribution in [1.29, 1.82) is 0 Å². The molecule has 2 aromatic carbocycles. The molecule has 46 heavy (non-hydrogen) atoms. The molecule has 0 saturated heterocycles. The Kier molecular flexibility index (Phi) is 6.50. The second kappa shape index (κ2) is 11.1. The number of rotatable bonds is 4. The second-order valence-corrected chi connectivity index (χ2v) is 10.6. The standard InChI is InChI=1S/C18H12N4O2.C18H12N4/c23-22(24)17-6-8-19-11-15(17)16-12-20-10-13-7-9-21(18(13)16)14-4-2-1-3-5-14;1-2-4-13(5-3-1)22-9-7-12-10-20-18-16(17(12)22)14-11-19-8-6-15(14)21-18/h1-12H;1-11H,(H,20,21). The van der Waals surface area contributed by atoms with Gasteiger partial charge >= 0.3 is 0 Å². The molecule has 0 radical (unpaired) electrons. The number of aromatic nitrogens is 7. The van der Waals surface area contributed by atoms with Crippen molar-refractivity contribution in [3.05, 3.63) is 151 Å². The number of para-hydroxylation sites is 2. The molecule has 1 N–H and O–H groups in total. The van der Waals surface area contributed by atoms with Crippen LogP contribution in [0, 0.1) is 10.1 Å². The molecule has 0 fully saturated rings. The molecule has 0 aliphatic rings. The van der Waals surface area contributed by atoms with Crippen LogP contribution in [-0.2, 0) is 0 Å². The van der Waals surface area contributed by atoms with E-state index < -0.39 is 4.92 Å². The van der Waals surface area contributed by atoms with Crippen LogP contribution in [0.25, 0.3) is 66.2 Å². The molecular weight excluding hydrogens is 576 g/mol. The van der Waals surface area contributed by atoms with Crippen molar-refractivity contribution in [2.75, 3.05) is 0 Å². The summed E-state index contributed by atoms with van der Waals surface area (Å²) in [7, 11) is 0. The average molecular weight is 601 g/mol. The van der Waals surface area contributed by atoms with Crippen LogP contribution in [0.15, 0.2) is 141 Å². The van der Waals surface area contributed by atoms with Crippen molar-refractivity contribution >= 4 is 49.4 Å². The molecule has 0 spiro atoms. The summed E-state index contributed by atoms with van der Waals surface area (Å²) < 4.78 is 4.21. The van der Waals surface area contributed by atoms with Gasteiger partial charge in [0.05, 0.1) is 32.4 Å². The molecule has 0 aliphatic heterocycles. The third-order valence-corrected chi connectivity index (χ3v) is 8.01. The van der Waals surface area contributed by atoms with Gasteiger partial charge in [-0.15, -0.1) is 0 Å². The van der Waals surface area contributed by atoms with Gasteiger partial charge in [0.1, 0.15) is 5.65 Å². The highest BCUT2D eigenvalue weighted by molar-refractivity contribution is 6.17. The molecule has 0 atom stereocenters. The van der Waals surface area contributed by atoms with Crippen molar-refractivity contribution < 1.29 is 4.92 Å². The lowest BCUT2D eigenvalue weighted by atomic mass is 10.1. The summed E-state index contributed by atoms with van der Waals surface area (Å²) in [4.78, 5) is 31.5. The Bertz CT molecular complexity index is 2520. The highest BCUT2D eigenvalue weighted by Gasteiger charge is 2.19. The van der Waals surface area contributed by atoms with Gasteiger partial charge in [-0.05, 0) is 42.5 Å². The van der Waals surface area contributed by atoms with Gasteiger partial charge in [-0.1, -0.05) is 36.4 Å². The summed E-state index contributed by atoms with van der Waals surface area (Å²) in [6, 6.07) is 27.6. The monoisotopic (exact) mass is 600 g/mol. The van der Waals surface area contributed by atoms with E-state index in [0.29, 0.717) is 11.1 Å². The minimum absolute atomic E-state index is 0.0140. The van der Waals surface area contributed by atoms with Crippen molar-refractivity contribution in [3.63, 3.8) is 0 Å². The number of benzene rings is 2. The van der Waals surface area contributed by atoms with E-state index in [1.807, 2.05) is 71.7 Å². The maximum atomic E-state index is 11.4. The highest BCUT2D eigenvalue weighted by Crippen LogP contribution is 2.35. The fourth-order valence-electron chi connectivity index (χ4n) is 5.96. The molecule has 9 aromatic rings. The Morgan fingerprint density at radius 3 is 1.98 bits per heavy atom. The first-order valence-corrected chi connectivity index (χ1v) is 14.5. The van der Waals surface area contributed by atoms with E-state index in [1.165, 1.54) is 18.5 Å². The SMILES string of the molecule is O=[N+]([O-])c1ccncc1-c1cncc2ccn(-c3ccccc3)c12.c1ccc(-n2ccc3cnc4[nH]c5ccncc5c4c32)cc1. The molecule has 9 rings (SSSR count). The quantitative estimate of drug-likeness (QED) is 0.161. The molecule has 0 aliphatic carbocycles. The number of nitrogens with zero attached hydrogens (tertiary/aromatic N) is 7. The minimum Gasteiger partial charge on any atom is -0.339 e. The Morgan fingerprint density at radius 2 is 1.26 bits per heavy atom. The van der Waals surface area contributed by atoms with E-state index in [0.717, 1.165) is 55.1 Å². The van der Waals surface area contributed by atoms with Crippen LogP contribution < -0.4 is 0 Å². The number of aromatic amines is 1. The molecule has 10 heteroatoms. The number of nitro groups is 1. The van der Waals surface area contributed by atoms with Crippen LogP contribution >= 0.6 is 0 Å². The lowest BCUT2D eigenvalue weighted by Gasteiger charge is -2.10. The Hall–Kier alpha value is -6.68. The van der Waals surface area contributed by atoms with E-state index >= 15 is 0 Å². The van der Waals surface area contributed by atoms with Crippen molar-refractivity contribution in [2.45, 2.75) is 0 Å². The molecule has 7 aromatic heterocycles. The van der Waals surface area contributed by atoms with E-state index in [-0.39, 0.29) is 5.69 Å². The summed E-state index contributed by atoms with van der Waals surface area (Å²) in [5, 5.41) is 15.6. The normalized spacial score (nSPS) is 11.2. The zero-order chi connectivity index (χ0) is 31.0. The number of H-pyrrole nitrogens is 1. The number of hydrogen-bond donors (Lipinski definition) is 1. The zero-order valence-corrected chi connectivity index (χ0v) is 24.2. The largest absolute Gasteiger partial charge is 0.339 e. The molecule has 7 heterocycles. The molecule has 0 bridgehead atoms. The third kappa shape index (κ3) is 4.52. The molecule has 220 valence electrons. The first kappa shape index (κ1) is 26.9. The minimum atomic E-state index is -0.397. The number of fused-ring (bicyclic) bond motifs is 6. The van der Waals surface area contributed by atoms with Crippen molar-refractivity contribution in [2.24, 2.45) is 0 Å². The number of nitrogens with one attached hydrogen (secondary N) is 1. The van der Waals surface area contributed by atoms with Crippen LogP contribution in [0.3, 0.4) is 0 Å². The maximum Gasteiger partial charge on any atom is 0.280 e. The van der Waals surface area contributed by atoms with Crippen LogP contribution in [0.5, 0.6) is 0 Å². The number of pyridine rings is 4. The summed E-state index contributed by atoms with van der Waals surface area (Å²) in [5.74, 6) is 0. The summed E-state index contributed by atoms with van der Waals surface area (Å²) in [6.07, 6.45) is 16.0. The van der Waals surface area contributed by atoms with Crippen LogP contribution in [0.1, 0.15) is 0 Å². The van der Waals surface area contributed by atoms with Gasteiger partial charge < -0.3 is 14.1 Å².